The molecule has 0 unspecified atom stereocenters. The number of hydrogen-bond donors (Lipinski definition) is 2. The molecule has 6 atom stereocenters. The average molecular weight is 512 g/mol. The van der Waals surface area contributed by atoms with Crippen LogP contribution < -0.4 is 10.1 Å². The minimum atomic E-state index is -0.595. The van der Waals surface area contributed by atoms with E-state index < -0.39 is 6.10 Å². The summed E-state index contributed by atoms with van der Waals surface area (Å²) in [5, 5.41) is 15.1. The zero-order chi connectivity index (χ0) is 26.2. The lowest BCUT2D eigenvalue weighted by Gasteiger charge is -2.53. The molecule has 2 N–H and O–H groups in total. The van der Waals surface area contributed by atoms with Crippen LogP contribution in [0.4, 0.5) is 5.13 Å². The van der Waals surface area contributed by atoms with Crippen molar-refractivity contribution in [2.24, 2.45) is 23.2 Å². The quantitative estimate of drug-likeness (QED) is 0.524. The van der Waals surface area contributed by atoms with E-state index in [2.05, 4.69) is 25.7 Å². The largest absolute Gasteiger partial charge is 0.497 e. The van der Waals surface area contributed by atoms with Crippen molar-refractivity contribution in [1.82, 2.24) is 9.88 Å². The summed E-state index contributed by atoms with van der Waals surface area (Å²) in [6, 6.07) is 6.97. The number of nitrogens with zero attached hydrogens (tertiary/aromatic N) is 2. The summed E-state index contributed by atoms with van der Waals surface area (Å²) in [5.74, 6) is 0.183. The van der Waals surface area contributed by atoms with Crippen molar-refractivity contribution in [3.05, 3.63) is 53.1 Å². The zero-order valence-electron chi connectivity index (χ0n) is 21.8. The molecule has 8 heteroatoms. The van der Waals surface area contributed by atoms with Gasteiger partial charge in [-0.15, -0.1) is 17.9 Å². The second-order valence-corrected chi connectivity index (χ2v) is 11.7. The Balaban J connectivity index is 1.53. The maximum absolute atomic E-state index is 13.0. The molecule has 4 rings (SSSR count). The third kappa shape index (κ3) is 4.81. The first kappa shape index (κ1) is 26.4. The minimum absolute atomic E-state index is 0.00375. The molecule has 36 heavy (non-hydrogen) atoms. The summed E-state index contributed by atoms with van der Waals surface area (Å²) in [4.78, 5) is 33.4. The summed E-state index contributed by atoms with van der Waals surface area (Å²) in [6.45, 7) is 10.5. The molecule has 7 nitrogen and oxygen atoms in total. The molecule has 1 heterocycles. The first-order valence-corrected chi connectivity index (χ1v) is 13.4. The van der Waals surface area contributed by atoms with E-state index in [0.29, 0.717) is 23.0 Å². The summed E-state index contributed by atoms with van der Waals surface area (Å²) in [6.07, 6.45) is 3.69. The highest BCUT2D eigenvalue weighted by atomic mass is 32.1. The van der Waals surface area contributed by atoms with Gasteiger partial charge in [0.1, 0.15) is 5.75 Å². The lowest BCUT2D eigenvalue weighted by atomic mass is 9.53. The number of nitrogens with one attached hydrogen (secondary N) is 1. The number of amides is 2. The first-order valence-electron chi connectivity index (χ1n) is 12.6. The second-order valence-electron chi connectivity index (χ2n) is 10.6. The number of methoxy groups -OCH3 is 1. The van der Waals surface area contributed by atoms with E-state index in [1.54, 1.807) is 49.4 Å². The smallest absolute Gasteiger partial charge is 0.257 e. The lowest BCUT2D eigenvalue weighted by Crippen LogP contribution is -2.53. The van der Waals surface area contributed by atoms with Crippen molar-refractivity contribution in [2.45, 2.75) is 52.1 Å². The van der Waals surface area contributed by atoms with Gasteiger partial charge in [-0.05, 0) is 60.8 Å². The van der Waals surface area contributed by atoms with Crippen LogP contribution in [0.1, 0.15) is 60.5 Å². The van der Waals surface area contributed by atoms with Crippen molar-refractivity contribution < 1.29 is 19.4 Å². The Labute approximate surface area is 217 Å². The van der Waals surface area contributed by atoms with Gasteiger partial charge in [0.05, 0.1) is 18.9 Å². The summed E-state index contributed by atoms with van der Waals surface area (Å²) < 4.78 is 5.17. The van der Waals surface area contributed by atoms with Gasteiger partial charge in [-0.3, -0.25) is 14.9 Å². The Morgan fingerprint density at radius 3 is 2.72 bits per heavy atom. The molecule has 194 valence electrons. The molecule has 1 aromatic heterocycles. The number of benzene rings is 1. The van der Waals surface area contributed by atoms with Gasteiger partial charge in [0, 0.05) is 35.9 Å². The van der Waals surface area contributed by atoms with Crippen LogP contribution in [0.5, 0.6) is 5.75 Å². The van der Waals surface area contributed by atoms with E-state index >= 15 is 0 Å². The third-order valence-electron chi connectivity index (χ3n) is 8.31. The number of fused-ring (bicyclic) bond motifs is 2. The monoisotopic (exact) mass is 511 g/mol. The van der Waals surface area contributed by atoms with E-state index in [0.717, 1.165) is 25.0 Å². The number of hydrogen-bond acceptors (Lipinski definition) is 6. The highest BCUT2D eigenvalue weighted by molar-refractivity contribution is 7.15. The predicted molar refractivity (Wildman–Crippen MR) is 143 cm³/mol. The number of aliphatic hydroxyl groups excluding tert-OH is 1. The van der Waals surface area contributed by atoms with E-state index in [-0.39, 0.29) is 40.9 Å². The van der Waals surface area contributed by atoms with Crippen LogP contribution in [0.3, 0.4) is 0 Å². The number of carbonyl (C=O) groups is 2. The van der Waals surface area contributed by atoms with Gasteiger partial charge in [0.15, 0.2) is 5.13 Å². The average Bonchev–Trinajstić information content (AvgIpc) is 3.25. The van der Waals surface area contributed by atoms with Crippen molar-refractivity contribution in [1.29, 1.82) is 0 Å². The predicted octanol–water partition coefficient (Wildman–Crippen LogP) is 4.74. The fraction of sp³-hybridized carbons (Fsp3) is 0.536. The van der Waals surface area contributed by atoms with Gasteiger partial charge < -0.3 is 14.7 Å². The maximum Gasteiger partial charge on any atom is 0.257 e. The standard InChI is InChI=1S/C28H37N3O4S/c1-7-14-31(5)26(34)16(2)20-12-13-28(4)15-21-23(17(3)22(28)24(20)32)29-27(36-21)30-25(33)18-8-10-19(35-6)11-9-18/h7-11,16-17,20,22,24,32H,1,12-15H2,2-6H3,(H,29,30,33)/t16-,17-,20-,22+,24-,28+/m0/s1. The first-order chi connectivity index (χ1) is 17.1. The molecular weight excluding hydrogens is 474 g/mol. The number of rotatable bonds is 7. The van der Waals surface area contributed by atoms with Gasteiger partial charge in [0.2, 0.25) is 5.91 Å². The highest BCUT2D eigenvalue weighted by Gasteiger charge is 2.54. The Morgan fingerprint density at radius 2 is 2.08 bits per heavy atom. The molecule has 2 aliphatic rings. The van der Waals surface area contributed by atoms with Gasteiger partial charge in [-0.25, -0.2) is 4.98 Å². The SMILES string of the molecule is C=CCN(C)C(=O)[C@@H](C)[C@@H]1CC[C@]2(C)Cc3sc(NC(=O)c4ccc(OC)cc4)nc3[C@@H](C)[C@@H]2[C@H]1O. The Kier molecular flexibility index (Phi) is 7.57. The minimum Gasteiger partial charge on any atom is -0.497 e. The van der Waals surface area contributed by atoms with Crippen LogP contribution in [0.15, 0.2) is 36.9 Å². The van der Waals surface area contributed by atoms with Crippen LogP contribution in [0.25, 0.3) is 0 Å². The van der Waals surface area contributed by atoms with E-state index in [1.165, 1.54) is 16.2 Å². The molecule has 1 saturated carbocycles. The van der Waals surface area contributed by atoms with Crippen molar-refractivity contribution in [3.8, 4) is 5.75 Å². The van der Waals surface area contributed by atoms with Gasteiger partial charge >= 0.3 is 0 Å². The highest BCUT2D eigenvalue weighted by Crippen LogP contribution is 2.57. The summed E-state index contributed by atoms with van der Waals surface area (Å²) >= 11 is 1.53. The Morgan fingerprint density at radius 1 is 1.39 bits per heavy atom. The topological polar surface area (TPSA) is 91.8 Å². The molecule has 2 aliphatic carbocycles. The molecule has 0 aliphatic heterocycles. The van der Waals surface area contributed by atoms with E-state index in [4.69, 9.17) is 9.72 Å². The van der Waals surface area contributed by atoms with E-state index in [1.807, 2.05) is 6.92 Å². The molecule has 2 amide bonds. The third-order valence-corrected chi connectivity index (χ3v) is 9.29. The Hall–Kier alpha value is -2.71. The molecule has 1 fully saturated rings. The number of carbonyl (C=O) groups excluding carboxylic acids is 2. The molecule has 2 aromatic rings. The number of likely N-dealkylation sites (N-methyl/N-ethyl adjacent to an activating group) is 1. The Bertz CT molecular complexity index is 1130. The number of aromatic nitrogens is 1. The van der Waals surface area contributed by atoms with Crippen LogP contribution in [-0.4, -0.2) is 53.6 Å². The zero-order valence-corrected chi connectivity index (χ0v) is 22.6. The molecule has 1 aromatic carbocycles. The molecular formula is C28H37N3O4S. The van der Waals surface area contributed by atoms with Gasteiger partial charge in [-0.1, -0.05) is 26.8 Å². The number of anilines is 1. The summed E-state index contributed by atoms with van der Waals surface area (Å²) in [5.41, 5.74) is 1.41. The van der Waals surface area contributed by atoms with Crippen LogP contribution >= 0.6 is 11.3 Å². The lowest BCUT2D eigenvalue weighted by molar-refractivity contribution is -0.143. The molecule has 0 radical (unpaired) electrons. The number of thiazole rings is 1. The van der Waals surface area contributed by atoms with Crippen LogP contribution in [0.2, 0.25) is 0 Å². The number of ether oxygens (including phenoxy) is 1. The van der Waals surface area contributed by atoms with Crippen LogP contribution in [-0.2, 0) is 11.2 Å². The molecule has 0 bridgehead atoms. The fourth-order valence-corrected chi connectivity index (χ4v) is 7.59. The molecule has 0 saturated heterocycles. The molecule has 0 spiro atoms. The number of aliphatic hydroxyl groups is 1. The second kappa shape index (κ2) is 10.3. The normalized spacial score (nSPS) is 27.8. The van der Waals surface area contributed by atoms with Crippen molar-refractivity contribution >= 4 is 28.3 Å². The maximum atomic E-state index is 13.0. The van der Waals surface area contributed by atoms with E-state index in [9.17, 15) is 14.7 Å². The van der Waals surface area contributed by atoms with Crippen molar-refractivity contribution in [3.63, 3.8) is 0 Å². The van der Waals surface area contributed by atoms with Gasteiger partial charge in [0.25, 0.3) is 5.91 Å². The summed E-state index contributed by atoms with van der Waals surface area (Å²) in [7, 11) is 3.37. The fourth-order valence-electron chi connectivity index (χ4n) is 6.33. The van der Waals surface area contributed by atoms with Crippen molar-refractivity contribution in [2.75, 3.05) is 26.0 Å². The van der Waals surface area contributed by atoms with Gasteiger partial charge in [-0.2, -0.15) is 0 Å². The van der Waals surface area contributed by atoms with Crippen LogP contribution in [0, 0.1) is 23.2 Å².